The van der Waals surface area contributed by atoms with E-state index in [1.807, 2.05) is 23.1 Å². The molecule has 2 heterocycles. The highest BCUT2D eigenvalue weighted by Gasteiger charge is 2.46. The third-order valence-electron chi connectivity index (χ3n) is 7.16. The van der Waals surface area contributed by atoms with Crippen LogP contribution in [0.4, 0.5) is 0 Å². The average molecular weight is 466 g/mol. The molecule has 4 rings (SSSR count). The van der Waals surface area contributed by atoms with Gasteiger partial charge in [0, 0.05) is 18.7 Å². The van der Waals surface area contributed by atoms with E-state index in [1.54, 1.807) is 26.4 Å². The van der Waals surface area contributed by atoms with Gasteiger partial charge >= 0.3 is 0 Å². The molecule has 34 heavy (non-hydrogen) atoms. The SMILES string of the molecule is CCN(CC)CCCNC(=O)C1c2cc(OC)c(OC)cc2C(=O)N2CCc3ccccc3C12. The molecule has 2 aliphatic heterocycles. The van der Waals surface area contributed by atoms with Gasteiger partial charge in [0.15, 0.2) is 11.5 Å². The molecule has 0 fully saturated rings. The Labute approximate surface area is 202 Å². The molecule has 2 amide bonds. The Kier molecular flexibility index (Phi) is 7.41. The van der Waals surface area contributed by atoms with Crippen molar-refractivity contribution < 1.29 is 19.1 Å². The number of fused-ring (bicyclic) bond motifs is 4. The first-order valence-corrected chi connectivity index (χ1v) is 12.2. The number of methoxy groups -OCH3 is 2. The van der Waals surface area contributed by atoms with Gasteiger partial charge in [-0.15, -0.1) is 0 Å². The van der Waals surface area contributed by atoms with Gasteiger partial charge < -0.3 is 24.6 Å². The predicted molar refractivity (Wildman–Crippen MR) is 132 cm³/mol. The van der Waals surface area contributed by atoms with Gasteiger partial charge in [-0.3, -0.25) is 9.59 Å². The third kappa shape index (κ3) is 4.37. The molecule has 0 bridgehead atoms. The second-order valence-electron chi connectivity index (χ2n) is 8.84. The summed E-state index contributed by atoms with van der Waals surface area (Å²) in [7, 11) is 3.12. The fourth-order valence-corrected chi connectivity index (χ4v) is 5.30. The molecule has 2 unspecified atom stereocenters. The fraction of sp³-hybridized carbons (Fsp3) is 0.481. The average Bonchev–Trinajstić information content (AvgIpc) is 2.88. The Balaban J connectivity index is 1.71. The molecule has 0 radical (unpaired) electrons. The first-order chi connectivity index (χ1) is 16.5. The van der Waals surface area contributed by atoms with E-state index in [9.17, 15) is 9.59 Å². The van der Waals surface area contributed by atoms with E-state index in [0.29, 0.717) is 35.7 Å². The van der Waals surface area contributed by atoms with E-state index in [0.717, 1.165) is 38.0 Å². The summed E-state index contributed by atoms with van der Waals surface area (Å²) in [6, 6.07) is 11.3. The van der Waals surface area contributed by atoms with E-state index in [4.69, 9.17) is 9.47 Å². The van der Waals surface area contributed by atoms with Crippen LogP contribution in [0, 0.1) is 0 Å². The van der Waals surface area contributed by atoms with Gasteiger partial charge in [-0.1, -0.05) is 38.1 Å². The highest BCUT2D eigenvalue weighted by molar-refractivity contribution is 6.02. The van der Waals surface area contributed by atoms with Crippen molar-refractivity contribution in [2.45, 2.75) is 38.6 Å². The highest BCUT2D eigenvalue weighted by Crippen LogP contribution is 2.48. The zero-order chi connectivity index (χ0) is 24.2. The van der Waals surface area contributed by atoms with Gasteiger partial charge in [-0.05, 0) is 61.3 Å². The maximum absolute atomic E-state index is 13.7. The topological polar surface area (TPSA) is 71.1 Å². The molecular weight excluding hydrogens is 430 g/mol. The lowest BCUT2D eigenvalue weighted by Gasteiger charge is -2.45. The van der Waals surface area contributed by atoms with Gasteiger partial charge in [0.05, 0.1) is 26.2 Å². The third-order valence-corrected chi connectivity index (χ3v) is 7.16. The summed E-state index contributed by atoms with van der Waals surface area (Å²) >= 11 is 0. The minimum Gasteiger partial charge on any atom is -0.493 e. The molecule has 182 valence electrons. The smallest absolute Gasteiger partial charge is 0.254 e. The van der Waals surface area contributed by atoms with E-state index >= 15 is 0 Å². The van der Waals surface area contributed by atoms with Crippen molar-refractivity contribution in [3.8, 4) is 11.5 Å². The van der Waals surface area contributed by atoms with Gasteiger partial charge in [-0.25, -0.2) is 0 Å². The summed E-state index contributed by atoms with van der Waals surface area (Å²) in [6.45, 7) is 8.41. The van der Waals surface area contributed by atoms with Gasteiger partial charge in [0.1, 0.15) is 0 Å². The molecule has 0 aromatic heterocycles. The first kappa shape index (κ1) is 24.1. The van der Waals surface area contributed by atoms with Crippen LogP contribution >= 0.6 is 0 Å². The Hall–Kier alpha value is -3.06. The van der Waals surface area contributed by atoms with Crippen molar-refractivity contribution in [3.63, 3.8) is 0 Å². The van der Waals surface area contributed by atoms with Crippen LogP contribution in [-0.4, -0.2) is 68.6 Å². The molecule has 7 heteroatoms. The van der Waals surface area contributed by atoms with E-state index in [-0.39, 0.29) is 17.9 Å². The van der Waals surface area contributed by atoms with E-state index < -0.39 is 5.92 Å². The number of nitrogens with one attached hydrogen (secondary N) is 1. The second-order valence-corrected chi connectivity index (χ2v) is 8.84. The van der Waals surface area contributed by atoms with Gasteiger partial charge in [0.25, 0.3) is 5.91 Å². The van der Waals surface area contributed by atoms with Crippen LogP contribution in [0.1, 0.15) is 59.3 Å². The minimum atomic E-state index is -0.526. The van der Waals surface area contributed by atoms with Crippen LogP contribution in [0.15, 0.2) is 36.4 Å². The van der Waals surface area contributed by atoms with E-state index in [1.165, 1.54) is 5.56 Å². The lowest BCUT2D eigenvalue weighted by molar-refractivity contribution is -0.124. The van der Waals surface area contributed by atoms with Crippen molar-refractivity contribution in [3.05, 3.63) is 58.7 Å². The van der Waals surface area contributed by atoms with Crippen LogP contribution in [0.3, 0.4) is 0 Å². The molecule has 0 saturated carbocycles. The summed E-state index contributed by atoms with van der Waals surface area (Å²) in [5.41, 5.74) is 3.45. The number of ether oxygens (including phenoxy) is 2. The molecule has 0 aliphatic carbocycles. The monoisotopic (exact) mass is 465 g/mol. The quantitative estimate of drug-likeness (QED) is 0.575. The standard InChI is InChI=1S/C27H35N3O4/c1-5-29(6-2)14-9-13-28-26(31)24-20-16-22(33-3)23(34-4)17-21(20)27(32)30-15-12-18-10-7-8-11-19(18)25(24)30/h7-8,10-11,16-17,24-25H,5-6,9,12-15H2,1-4H3,(H,28,31). The van der Waals surface area contributed by atoms with Crippen LogP contribution in [0.2, 0.25) is 0 Å². The molecule has 2 aromatic carbocycles. The zero-order valence-corrected chi connectivity index (χ0v) is 20.6. The van der Waals surface area contributed by atoms with Crippen molar-refractivity contribution in [1.82, 2.24) is 15.1 Å². The van der Waals surface area contributed by atoms with E-state index in [2.05, 4.69) is 30.1 Å². The van der Waals surface area contributed by atoms with Crippen LogP contribution in [0.5, 0.6) is 11.5 Å². The molecule has 0 spiro atoms. The normalized spacial score (nSPS) is 18.7. The zero-order valence-electron chi connectivity index (χ0n) is 20.6. The molecule has 1 N–H and O–H groups in total. The number of carbonyl (C=O) groups is 2. The predicted octanol–water partition coefficient (Wildman–Crippen LogP) is 3.39. The van der Waals surface area contributed by atoms with Crippen LogP contribution in [-0.2, 0) is 11.2 Å². The molecule has 0 saturated heterocycles. The van der Waals surface area contributed by atoms with Crippen LogP contribution < -0.4 is 14.8 Å². The number of nitrogens with zero attached hydrogens (tertiary/aromatic N) is 2. The van der Waals surface area contributed by atoms with Crippen molar-refractivity contribution in [1.29, 1.82) is 0 Å². The summed E-state index contributed by atoms with van der Waals surface area (Å²) in [5, 5.41) is 3.17. The number of amides is 2. The second kappa shape index (κ2) is 10.5. The first-order valence-electron chi connectivity index (χ1n) is 12.2. The van der Waals surface area contributed by atoms with Crippen molar-refractivity contribution >= 4 is 11.8 Å². The van der Waals surface area contributed by atoms with Gasteiger partial charge in [-0.2, -0.15) is 0 Å². The molecule has 2 aliphatic rings. The minimum absolute atomic E-state index is 0.0628. The lowest BCUT2D eigenvalue weighted by atomic mass is 9.75. The number of rotatable bonds is 9. The maximum atomic E-state index is 13.7. The number of benzene rings is 2. The molecular formula is C27H35N3O4. The summed E-state index contributed by atoms with van der Waals surface area (Å²) in [6.07, 6.45) is 1.65. The Morgan fingerprint density at radius 2 is 1.79 bits per heavy atom. The number of hydrogen-bond acceptors (Lipinski definition) is 5. The fourth-order valence-electron chi connectivity index (χ4n) is 5.30. The largest absolute Gasteiger partial charge is 0.493 e. The molecule has 2 aromatic rings. The Morgan fingerprint density at radius 1 is 1.09 bits per heavy atom. The van der Waals surface area contributed by atoms with Crippen LogP contribution in [0.25, 0.3) is 0 Å². The lowest BCUT2D eigenvalue weighted by Crippen LogP contribution is -2.50. The molecule has 2 atom stereocenters. The number of carbonyl (C=O) groups excluding carboxylic acids is 2. The van der Waals surface area contributed by atoms with Gasteiger partial charge in [0.2, 0.25) is 5.91 Å². The summed E-state index contributed by atoms with van der Waals surface area (Å²) in [4.78, 5) is 31.5. The number of hydrogen-bond donors (Lipinski definition) is 1. The summed E-state index contributed by atoms with van der Waals surface area (Å²) in [5.74, 6) is 0.352. The van der Waals surface area contributed by atoms with Crippen molar-refractivity contribution in [2.24, 2.45) is 0 Å². The highest BCUT2D eigenvalue weighted by atomic mass is 16.5. The molecule has 7 nitrogen and oxygen atoms in total. The Bertz CT molecular complexity index is 1050. The maximum Gasteiger partial charge on any atom is 0.254 e. The summed E-state index contributed by atoms with van der Waals surface area (Å²) < 4.78 is 11.0. The Morgan fingerprint density at radius 3 is 2.50 bits per heavy atom. The van der Waals surface area contributed by atoms with Crippen molar-refractivity contribution in [2.75, 3.05) is 46.9 Å².